The largest absolute Gasteiger partial charge is 0.481 e. The number of halogens is 1. The van der Waals surface area contributed by atoms with Crippen molar-refractivity contribution < 1.29 is 14.7 Å². The van der Waals surface area contributed by atoms with Crippen LogP contribution in [0.3, 0.4) is 0 Å². The number of piperidine rings is 1. The molecule has 1 aromatic carbocycles. The average molecular weight is 382 g/mol. The normalized spacial score (nSPS) is 17.0. The fraction of sp³-hybridized carbons (Fsp3) is 0.556. The van der Waals surface area contributed by atoms with Gasteiger partial charge in [-0.3, -0.25) is 9.59 Å². The highest BCUT2D eigenvalue weighted by Crippen LogP contribution is 2.24. The molecule has 1 fully saturated rings. The fourth-order valence-corrected chi connectivity index (χ4v) is 3.66. The molecule has 1 atom stereocenters. The Labute approximate surface area is 146 Å². The molecule has 0 spiro atoms. The second-order valence-electron chi connectivity index (χ2n) is 6.31. The molecule has 1 aliphatic heterocycles. The number of benzene rings is 1. The molecule has 0 radical (unpaired) electrons. The van der Waals surface area contributed by atoms with Gasteiger partial charge in [-0.25, -0.2) is 0 Å². The molecule has 0 bridgehead atoms. The van der Waals surface area contributed by atoms with Crippen LogP contribution in [0, 0.1) is 11.8 Å². The molecule has 1 N–H and O–H groups in total. The molecule has 1 saturated heterocycles. The molecular weight excluding hydrogens is 358 g/mol. The Kier molecular flexibility index (Phi) is 6.63. The number of carbonyl (C=O) groups excluding carboxylic acids is 1. The molecule has 1 aliphatic rings. The van der Waals surface area contributed by atoms with Crippen LogP contribution >= 0.6 is 15.9 Å². The summed E-state index contributed by atoms with van der Waals surface area (Å²) in [6.45, 7) is 3.43. The van der Waals surface area contributed by atoms with Gasteiger partial charge in [0.15, 0.2) is 0 Å². The summed E-state index contributed by atoms with van der Waals surface area (Å²) in [4.78, 5) is 25.5. The van der Waals surface area contributed by atoms with Gasteiger partial charge >= 0.3 is 5.97 Å². The summed E-state index contributed by atoms with van der Waals surface area (Å²) in [5, 5.41) is 8.87. The summed E-state index contributed by atoms with van der Waals surface area (Å²) < 4.78 is 1.03. The minimum atomic E-state index is -0.740. The van der Waals surface area contributed by atoms with Crippen LogP contribution in [0.4, 0.5) is 0 Å². The molecule has 4 nitrogen and oxygen atoms in total. The number of rotatable bonds is 6. The molecule has 23 heavy (non-hydrogen) atoms. The van der Waals surface area contributed by atoms with Crippen LogP contribution < -0.4 is 0 Å². The summed E-state index contributed by atoms with van der Waals surface area (Å²) in [7, 11) is 0. The van der Waals surface area contributed by atoms with Gasteiger partial charge in [0, 0.05) is 29.9 Å². The summed E-state index contributed by atoms with van der Waals surface area (Å²) >= 11 is 3.47. The van der Waals surface area contributed by atoms with Crippen molar-refractivity contribution in [2.75, 3.05) is 13.1 Å². The van der Waals surface area contributed by atoms with Gasteiger partial charge in [0.1, 0.15) is 0 Å². The second kappa shape index (κ2) is 8.48. The van der Waals surface area contributed by atoms with E-state index in [0.717, 1.165) is 30.2 Å². The molecule has 5 heteroatoms. The van der Waals surface area contributed by atoms with E-state index in [1.807, 2.05) is 17.0 Å². The standard InChI is InChI=1S/C18H24BrNO3/c1-2-15(10-14-4-3-5-16(19)11-14)18(23)20-8-6-13(7-9-20)12-17(21)22/h3-5,11,13,15H,2,6-10,12H2,1H3,(H,21,22). The lowest BCUT2D eigenvalue weighted by Crippen LogP contribution is -2.42. The van der Waals surface area contributed by atoms with E-state index < -0.39 is 5.97 Å². The van der Waals surface area contributed by atoms with Crippen molar-refractivity contribution in [3.8, 4) is 0 Å². The smallest absolute Gasteiger partial charge is 0.303 e. The van der Waals surface area contributed by atoms with Gasteiger partial charge in [0.2, 0.25) is 5.91 Å². The maximum atomic E-state index is 12.7. The lowest BCUT2D eigenvalue weighted by molar-refractivity contribution is -0.139. The van der Waals surface area contributed by atoms with Crippen LogP contribution in [0.1, 0.15) is 38.2 Å². The third kappa shape index (κ3) is 5.34. The maximum absolute atomic E-state index is 12.7. The van der Waals surface area contributed by atoms with E-state index in [0.29, 0.717) is 13.1 Å². The summed E-state index contributed by atoms with van der Waals surface area (Å²) in [5.41, 5.74) is 1.17. The molecule has 0 aromatic heterocycles. The maximum Gasteiger partial charge on any atom is 0.303 e. The van der Waals surface area contributed by atoms with Crippen LogP contribution in [0.5, 0.6) is 0 Å². The van der Waals surface area contributed by atoms with Crippen molar-refractivity contribution in [3.63, 3.8) is 0 Å². The number of carboxylic acids is 1. The molecule has 1 aromatic rings. The van der Waals surface area contributed by atoms with Gasteiger partial charge in [-0.2, -0.15) is 0 Å². The molecule has 0 saturated carbocycles. The van der Waals surface area contributed by atoms with E-state index in [1.54, 1.807) is 0 Å². The van der Waals surface area contributed by atoms with Crippen molar-refractivity contribution in [1.29, 1.82) is 0 Å². The molecule has 1 heterocycles. The predicted octanol–water partition coefficient (Wildman–Crippen LogP) is 3.73. The van der Waals surface area contributed by atoms with E-state index in [2.05, 4.69) is 35.0 Å². The van der Waals surface area contributed by atoms with E-state index in [4.69, 9.17) is 5.11 Å². The monoisotopic (exact) mass is 381 g/mol. The molecular formula is C18H24BrNO3. The SMILES string of the molecule is CCC(Cc1cccc(Br)c1)C(=O)N1CCC(CC(=O)O)CC1. The van der Waals surface area contributed by atoms with Crippen LogP contribution in [0.25, 0.3) is 0 Å². The highest BCUT2D eigenvalue weighted by Gasteiger charge is 2.28. The zero-order valence-corrected chi connectivity index (χ0v) is 15.1. The molecule has 1 unspecified atom stereocenters. The second-order valence-corrected chi connectivity index (χ2v) is 7.22. The Morgan fingerprint density at radius 3 is 2.61 bits per heavy atom. The van der Waals surface area contributed by atoms with E-state index in [-0.39, 0.29) is 24.2 Å². The van der Waals surface area contributed by atoms with Crippen molar-refractivity contribution in [2.45, 2.75) is 39.0 Å². The Hall–Kier alpha value is -1.36. The molecule has 0 aliphatic carbocycles. The van der Waals surface area contributed by atoms with E-state index in [9.17, 15) is 9.59 Å². The zero-order valence-electron chi connectivity index (χ0n) is 13.5. The highest BCUT2D eigenvalue weighted by atomic mass is 79.9. The quantitative estimate of drug-likeness (QED) is 0.816. The van der Waals surface area contributed by atoms with Gasteiger partial charge in [-0.15, -0.1) is 0 Å². The lowest BCUT2D eigenvalue weighted by Gasteiger charge is -2.33. The van der Waals surface area contributed by atoms with Crippen molar-refractivity contribution in [1.82, 2.24) is 4.90 Å². The van der Waals surface area contributed by atoms with Crippen LogP contribution in [-0.4, -0.2) is 35.0 Å². The van der Waals surface area contributed by atoms with Gasteiger partial charge in [0.25, 0.3) is 0 Å². The minimum absolute atomic E-state index is 0.000300. The number of nitrogens with zero attached hydrogens (tertiary/aromatic N) is 1. The van der Waals surface area contributed by atoms with Crippen molar-refractivity contribution in [2.24, 2.45) is 11.8 Å². The number of carbonyl (C=O) groups is 2. The first-order chi connectivity index (χ1) is 11.0. The Bertz CT molecular complexity index is 553. The van der Waals surface area contributed by atoms with E-state index >= 15 is 0 Å². The van der Waals surface area contributed by atoms with Gasteiger partial charge in [0.05, 0.1) is 0 Å². The first-order valence-electron chi connectivity index (χ1n) is 8.24. The summed E-state index contributed by atoms with van der Waals surface area (Å²) in [6.07, 6.45) is 3.39. The number of aliphatic carboxylic acids is 1. The van der Waals surface area contributed by atoms with Gasteiger partial charge < -0.3 is 10.0 Å². The molecule has 1 amide bonds. The Morgan fingerprint density at radius 2 is 2.04 bits per heavy atom. The van der Waals surface area contributed by atoms with Crippen LogP contribution in [-0.2, 0) is 16.0 Å². The number of hydrogen-bond acceptors (Lipinski definition) is 2. The lowest BCUT2D eigenvalue weighted by atomic mass is 9.91. The predicted molar refractivity (Wildman–Crippen MR) is 93.2 cm³/mol. The highest BCUT2D eigenvalue weighted by molar-refractivity contribution is 9.10. The van der Waals surface area contributed by atoms with Crippen molar-refractivity contribution >= 4 is 27.8 Å². The fourth-order valence-electron chi connectivity index (χ4n) is 3.22. The first kappa shape index (κ1) is 18.0. The van der Waals surface area contributed by atoms with Crippen molar-refractivity contribution in [3.05, 3.63) is 34.3 Å². The zero-order chi connectivity index (χ0) is 16.8. The number of amides is 1. The Balaban J connectivity index is 1.91. The summed E-state index contributed by atoms with van der Waals surface area (Å²) in [5.74, 6) is -0.320. The van der Waals surface area contributed by atoms with E-state index in [1.165, 1.54) is 5.56 Å². The topological polar surface area (TPSA) is 57.6 Å². The summed E-state index contributed by atoms with van der Waals surface area (Å²) in [6, 6.07) is 8.10. The van der Waals surface area contributed by atoms with Crippen LogP contribution in [0.15, 0.2) is 28.7 Å². The van der Waals surface area contributed by atoms with Gasteiger partial charge in [-0.05, 0) is 49.3 Å². The Morgan fingerprint density at radius 1 is 1.35 bits per heavy atom. The average Bonchev–Trinajstić information content (AvgIpc) is 2.52. The first-order valence-corrected chi connectivity index (χ1v) is 9.04. The minimum Gasteiger partial charge on any atom is -0.481 e. The molecule has 2 rings (SSSR count). The number of carboxylic acid groups (broad SMARTS) is 1. The number of hydrogen-bond donors (Lipinski definition) is 1. The third-order valence-corrected chi connectivity index (χ3v) is 5.10. The number of likely N-dealkylation sites (tertiary alicyclic amines) is 1. The van der Waals surface area contributed by atoms with Crippen LogP contribution in [0.2, 0.25) is 0 Å². The van der Waals surface area contributed by atoms with Gasteiger partial charge in [-0.1, -0.05) is 35.0 Å². The molecule has 126 valence electrons. The third-order valence-electron chi connectivity index (χ3n) is 4.60.